The summed E-state index contributed by atoms with van der Waals surface area (Å²) in [6.45, 7) is 0. The summed E-state index contributed by atoms with van der Waals surface area (Å²) < 4.78 is 20.1. The van der Waals surface area contributed by atoms with Crippen LogP contribution < -0.4 is 10.1 Å². The summed E-state index contributed by atoms with van der Waals surface area (Å²) in [6, 6.07) is 9.37. The maximum atomic E-state index is 12.9. The van der Waals surface area contributed by atoms with Crippen molar-refractivity contribution in [3.8, 4) is 11.6 Å². The van der Waals surface area contributed by atoms with E-state index in [-0.39, 0.29) is 11.4 Å². The second-order valence-corrected chi connectivity index (χ2v) is 5.60. The van der Waals surface area contributed by atoms with Gasteiger partial charge in [-0.2, -0.15) is 0 Å². The quantitative estimate of drug-likeness (QED) is 0.568. The summed E-state index contributed by atoms with van der Waals surface area (Å²) in [4.78, 5) is 13.0. The third-order valence-corrected chi connectivity index (χ3v) is 4.12. The summed E-state index contributed by atoms with van der Waals surface area (Å²) >= 11 is 1.23. The molecule has 0 saturated carbocycles. The number of aromatic nitrogens is 3. The molecule has 0 atom stereocenters. The molecule has 0 spiro atoms. The molecule has 22 heavy (non-hydrogen) atoms. The first-order valence-corrected chi connectivity index (χ1v) is 7.23. The topological polar surface area (TPSA) is 60.4 Å². The molecule has 3 heterocycles. The van der Waals surface area contributed by atoms with Crippen LogP contribution in [-0.2, 0) is 0 Å². The summed E-state index contributed by atoms with van der Waals surface area (Å²) in [5.74, 6) is 0.542. The normalized spacial score (nSPS) is 12.3. The van der Waals surface area contributed by atoms with Crippen molar-refractivity contribution in [2.75, 3.05) is 0 Å². The lowest BCUT2D eigenvalue weighted by atomic mass is 10.2. The molecule has 0 fully saturated rings. The van der Waals surface area contributed by atoms with Crippen molar-refractivity contribution in [3.63, 3.8) is 0 Å². The Hall–Kier alpha value is -2.80. The zero-order valence-corrected chi connectivity index (χ0v) is 11.9. The van der Waals surface area contributed by atoms with Crippen LogP contribution in [0.5, 0.6) is 0 Å². The molecule has 1 aromatic carbocycles. The van der Waals surface area contributed by atoms with Crippen LogP contribution in [0.3, 0.4) is 0 Å². The molecule has 7 heteroatoms. The van der Waals surface area contributed by atoms with Crippen LogP contribution in [0, 0.1) is 5.82 Å². The van der Waals surface area contributed by atoms with Crippen LogP contribution in [-0.4, -0.2) is 14.6 Å². The molecule has 0 N–H and O–H groups in total. The van der Waals surface area contributed by atoms with E-state index >= 15 is 0 Å². The predicted octanol–water partition coefficient (Wildman–Crippen LogP) is 2.10. The van der Waals surface area contributed by atoms with E-state index in [9.17, 15) is 9.18 Å². The van der Waals surface area contributed by atoms with Gasteiger partial charge in [0.15, 0.2) is 5.76 Å². The molecule has 5 nitrogen and oxygen atoms in total. The number of rotatable bonds is 2. The maximum Gasteiger partial charge on any atom is 0.276 e. The zero-order valence-electron chi connectivity index (χ0n) is 11.1. The van der Waals surface area contributed by atoms with Crippen molar-refractivity contribution in [3.05, 3.63) is 68.9 Å². The number of thiazole rings is 1. The molecule has 0 saturated heterocycles. The summed E-state index contributed by atoms with van der Waals surface area (Å²) in [5, 5.41) is 7.99. The van der Waals surface area contributed by atoms with Crippen LogP contribution in [0.1, 0.15) is 5.56 Å². The van der Waals surface area contributed by atoms with E-state index in [1.807, 2.05) is 0 Å². The smallest absolute Gasteiger partial charge is 0.276 e. The molecular formula is C15H8FN3O2S. The molecule has 0 aliphatic carbocycles. The van der Waals surface area contributed by atoms with Crippen molar-refractivity contribution in [2.24, 2.45) is 0 Å². The Morgan fingerprint density at radius 3 is 2.73 bits per heavy atom. The van der Waals surface area contributed by atoms with Gasteiger partial charge in [0.25, 0.3) is 5.56 Å². The van der Waals surface area contributed by atoms with Crippen LogP contribution in [0.25, 0.3) is 22.6 Å². The fourth-order valence-electron chi connectivity index (χ4n) is 2.14. The predicted molar refractivity (Wildman–Crippen MR) is 80.0 cm³/mol. The van der Waals surface area contributed by atoms with E-state index in [1.54, 1.807) is 30.3 Å². The first-order valence-electron chi connectivity index (χ1n) is 6.41. The number of benzene rings is 1. The molecule has 0 amide bonds. The molecule has 0 aliphatic rings. The highest BCUT2D eigenvalue weighted by Gasteiger charge is 2.15. The summed E-state index contributed by atoms with van der Waals surface area (Å²) in [5.41, 5.74) is 0.524. The third kappa shape index (κ3) is 2.03. The second kappa shape index (κ2) is 4.88. The fraction of sp³-hybridized carbons (Fsp3) is 0. The third-order valence-electron chi connectivity index (χ3n) is 3.16. The van der Waals surface area contributed by atoms with Crippen molar-refractivity contribution < 1.29 is 8.81 Å². The molecule has 108 valence electrons. The fourth-order valence-corrected chi connectivity index (χ4v) is 3.05. The van der Waals surface area contributed by atoms with E-state index < -0.39 is 0 Å². The first-order chi connectivity index (χ1) is 10.7. The van der Waals surface area contributed by atoms with Gasteiger partial charge in [-0.05, 0) is 35.9 Å². The highest BCUT2D eigenvalue weighted by Crippen LogP contribution is 2.17. The monoisotopic (exact) mass is 313 g/mol. The Morgan fingerprint density at radius 2 is 2.00 bits per heavy atom. The van der Waals surface area contributed by atoms with Crippen molar-refractivity contribution >= 4 is 22.4 Å². The van der Waals surface area contributed by atoms with Gasteiger partial charge in [0.2, 0.25) is 10.8 Å². The van der Waals surface area contributed by atoms with E-state index in [1.165, 1.54) is 34.1 Å². The standard InChI is InChI=1S/C15H8FN3O2S/c16-10-5-3-9(4-6-10)8-12-14(20)19-13(11-2-1-7-21-11)17-18-15(19)22-12/h1-8H/b12-8-. The number of hydrogen-bond donors (Lipinski definition) is 0. The lowest BCUT2D eigenvalue weighted by Crippen LogP contribution is -2.23. The van der Waals surface area contributed by atoms with Gasteiger partial charge in [0.05, 0.1) is 10.8 Å². The minimum Gasteiger partial charge on any atom is -0.461 e. The van der Waals surface area contributed by atoms with E-state index in [0.717, 1.165) is 5.56 Å². The van der Waals surface area contributed by atoms with Gasteiger partial charge < -0.3 is 4.42 Å². The highest BCUT2D eigenvalue weighted by molar-refractivity contribution is 7.15. The van der Waals surface area contributed by atoms with E-state index in [2.05, 4.69) is 10.2 Å². The van der Waals surface area contributed by atoms with Gasteiger partial charge in [-0.1, -0.05) is 23.5 Å². The van der Waals surface area contributed by atoms with Crippen molar-refractivity contribution in [1.29, 1.82) is 0 Å². The zero-order chi connectivity index (χ0) is 15.1. The molecule has 0 bridgehead atoms. The first kappa shape index (κ1) is 12.9. The van der Waals surface area contributed by atoms with Gasteiger partial charge in [-0.3, -0.25) is 4.79 Å². The maximum absolute atomic E-state index is 12.9. The van der Waals surface area contributed by atoms with Gasteiger partial charge in [-0.15, -0.1) is 10.2 Å². The summed E-state index contributed by atoms with van der Waals surface area (Å²) in [6.07, 6.45) is 3.21. The number of halogens is 1. The Balaban J connectivity index is 1.92. The molecule has 4 aromatic rings. The lowest BCUT2D eigenvalue weighted by Gasteiger charge is -1.91. The summed E-state index contributed by atoms with van der Waals surface area (Å²) in [7, 11) is 0. The largest absolute Gasteiger partial charge is 0.461 e. The van der Waals surface area contributed by atoms with E-state index in [4.69, 9.17) is 4.42 Å². The number of furan rings is 1. The Morgan fingerprint density at radius 1 is 1.18 bits per heavy atom. The highest BCUT2D eigenvalue weighted by atomic mass is 32.1. The number of fused-ring (bicyclic) bond motifs is 1. The lowest BCUT2D eigenvalue weighted by molar-refractivity contribution is 0.576. The number of hydrogen-bond acceptors (Lipinski definition) is 5. The molecule has 4 rings (SSSR count). The van der Waals surface area contributed by atoms with Gasteiger partial charge >= 0.3 is 0 Å². The van der Waals surface area contributed by atoms with Crippen molar-refractivity contribution in [2.45, 2.75) is 0 Å². The second-order valence-electron chi connectivity index (χ2n) is 4.59. The van der Waals surface area contributed by atoms with Gasteiger partial charge in [0, 0.05) is 0 Å². The number of nitrogens with zero attached hydrogens (tertiary/aromatic N) is 3. The SMILES string of the molecule is O=c1/c(=C/c2ccc(F)cc2)sc2nnc(-c3ccco3)n12. The Labute approximate surface area is 127 Å². The average molecular weight is 313 g/mol. The molecule has 0 radical (unpaired) electrons. The van der Waals surface area contributed by atoms with Crippen LogP contribution in [0.15, 0.2) is 51.9 Å². The van der Waals surface area contributed by atoms with Crippen LogP contribution in [0.4, 0.5) is 4.39 Å². The molecule has 3 aromatic heterocycles. The molecular weight excluding hydrogens is 305 g/mol. The molecule has 0 unspecified atom stereocenters. The molecule has 0 aliphatic heterocycles. The van der Waals surface area contributed by atoms with Gasteiger partial charge in [-0.25, -0.2) is 8.79 Å². The minimum absolute atomic E-state index is 0.222. The average Bonchev–Trinajstić information content (AvgIpc) is 3.21. The van der Waals surface area contributed by atoms with Crippen molar-refractivity contribution in [1.82, 2.24) is 14.6 Å². The van der Waals surface area contributed by atoms with Crippen LogP contribution in [0.2, 0.25) is 0 Å². The van der Waals surface area contributed by atoms with Crippen LogP contribution >= 0.6 is 11.3 Å². The minimum atomic E-state index is -0.315. The Kier molecular flexibility index (Phi) is 2.87. The van der Waals surface area contributed by atoms with E-state index in [0.29, 0.717) is 21.1 Å². The Bertz CT molecular complexity index is 1050. The van der Waals surface area contributed by atoms with Gasteiger partial charge in [0.1, 0.15) is 5.82 Å².